The first-order valence-electron chi connectivity index (χ1n) is 9.63. The molecule has 1 amide bonds. The van der Waals surface area contributed by atoms with Gasteiger partial charge in [-0.25, -0.2) is 9.37 Å². The minimum Gasteiger partial charge on any atom is -0.494 e. The first kappa shape index (κ1) is 19.9. The highest BCUT2D eigenvalue weighted by molar-refractivity contribution is 5.77. The van der Waals surface area contributed by atoms with Crippen LogP contribution in [0.1, 0.15) is 45.0 Å². The van der Waals surface area contributed by atoms with Gasteiger partial charge in [0, 0.05) is 6.42 Å². The lowest BCUT2D eigenvalue weighted by atomic mass is 10.0. The molecule has 0 saturated heterocycles. The largest absolute Gasteiger partial charge is 0.494 e. The average molecular weight is 383 g/mol. The zero-order valence-electron chi connectivity index (χ0n) is 16.2. The molecule has 0 spiro atoms. The van der Waals surface area contributed by atoms with Crippen molar-refractivity contribution in [3.63, 3.8) is 0 Å². The second-order valence-corrected chi connectivity index (χ2v) is 7.29. The summed E-state index contributed by atoms with van der Waals surface area (Å²) in [6.45, 7) is 4.65. The Kier molecular flexibility index (Phi) is 6.63. The number of nitrogens with one attached hydrogen (secondary N) is 2. The van der Waals surface area contributed by atoms with E-state index in [9.17, 15) is 9.18 Å². The van der Waals surface area contributed by atoms with Gasteiger partial charge >= 0.3 is 0 Å². The SMILES string of the molecule is CC(C)CC(NC(=O)CCCOc1ccc(F)cc1)c1nc2ccccc2[nH]1. The van der Waals surface area contributed by atoms with Crippen LogP contribution in [-0.4, -0.2) is 22.5 Å². The lowest BCUT2D eigenvalue weighted by Crippen LogP contribution is -2.30. The third-order valence-corrected chi connectivity index (χ3v) is 4.41. The van der Waals surface area contributed by atoms with E-state index >= 15 is 0 Å². The Balaban J connectivity index is 1.53. The number of aromatic amines is 1. The number of fused-ring (bicyclic) bond motifs is 1. The van der Waals surface area contributed by atoms with Crippen molar-refractivity contribution >= 4 is 16.9 Å². The maximum Gasteiger partial charge on any atom is 0.220 e. The molecule has 0 aliphatic heterocycles. The average Bonchev–Trinajstić information content (AvgIpc) is 3.10. The van der Waals surface area contributed by atoms with Crippen molar-refractivity contribution in [1.29, 1.82) is 0 Å². The third kappa shape index (κ3) is 5.55. The number of aromatic nitrogens is 2. The van der Waals surface area contributed by atoms with Crippen LogP contribution in [0.25, 0.3) is 11.0 Å². The Morgan fingerprint density at radius 1 is 1.18 bits per heavy atom. The molecule has 0 aliphatic carbocycles. The monoisotopic (exact) mass is 383 g/mol. The summed E-state index contributed by atoms with van der Waals surface area (Å²) in [5.41, 5.74) is 1.86. The van der Waals surface area contributed by atoms with Gasteiger partial charge in [-0.3, -0.25) is 4.79 Å². The quantitative estimate of drug-likeness (QED) is 0.523. The maximum atomic E-state index is 12.9. The van der Waals surface area contributed by atoms with Gasteiger partial charge in [0.05, 0.1) is 23.7 Å². The van der Waals surface area contributed by atoms with Gasteiger partial charge in [0.15, 0.2) is 0 Å². The van der Waals surface area contributed by atoms with Gasteiger partial charge < -0.3 is 15.0 Å². The van der Waals surface area contributed by atoms with E-state index in [0.717, 1.165) is 23.3 Å². The molecule has 0 aliphatic rings. The van der Waals surface area contributed by atoms with Crippen LogP contribution in [0.5, 0.6) is 5.75 Å². The molecule has 0 bridgehead atoms. The summed E-state index contributed by atoms with van der Waals surface area (Å²) in [4.78, 5) is 20.4. The number of hydrogen-bond acceptors (Lipinski definition) is 3. The molecule has 6 heteroatoms. The van der Waals surface area contributed by atoms with Crippen molar-refractivity contribution in [1.82, 2.24) is 15.3 Å². The van der Waals surface area contributed by atoms with Crippen LogP contribution in [0.4, 0.5) is 4.39 Å². The van der Waals surface area contributed by atoms with Crippen molar-refractivity contribution in [2.24, 2.45) is 5.92 Å². The van der Waals surface area contributed by atoms with E-state index in [1.807, 2.05) is 24.3 Å². The summed E-state index contributed by atoms with van der Waals surface area (Å²) in [7, 11) is 0. The highest BCUT2D eigenvalue weighted by Crippen LogP contribution is 2.22. The van der Waals surface area contributed by atoms with Crippen LogP contribution in [0.2, 0.25) is 0 Å². The van der Waals surface area contributed by atoms with E-state index in [0.29, 0.717) is 31.1 Å². The fourth-order valence-electron chi connectivity index (χ4n) is 3.07. The van der Waals surface area contributed by atoms with Gasteiger partial charge in [0.2, 0.25) is 5.91 Å². The lowest BCUT2D eigenvalue weighted by Gasteiger charge is -2.18. The van der Waals surface area contributed by atoms with Gasteiger partial charge in [-0.1, -0.05) is 26.0 Å². The Morgan fingerprint density at radius 3 is 2.64 bits per heavy atom. The zero-order chi connectivity index (χ0) is 19.9. The van der Waals surface area contributed by atoms with Gasteiger partial charge in [-0.2, -0.15) is 0 Å². The number of ether oxygens (including phenoxy) is 1. The van der Waals surface area contributed by atoms with Crippen molar-refractivity contribution in [3.05, 3.63) is 60.2 Å². The molecule has 1 atom stereocenters. The van der Waals surface area contributed by atoms with Crippen LogP contribution in [0.15, 0.2) is 48.5 Å². The topological polar surface area (TPSA) is 67.0 Å². The maximum absolute atomic E-state index is 12.9. The number of rotatable bonds is 9. The van der Waals surface area contributed by atoms with Crippen molar-refractivity contribution in [3.8, 4) is 5.75 Å². The van der Waals surface area contributed by atoms with Crippen molar-refractivity contribution in [2.45, 2.75) is 39.2 Å². The smallest absolute Gasteiger partial charge is 0.220 e. The van der Waals surface area contributed by atoms with Gasteiger partial charge in [0.1, 0.15) is 17.4 Å². The number of amides is 1. The normalized spacial score (nSPS) is 12.3. The molecule has 1 heterocycles. The van der Waals surface area contributed by atoms with Crippen molar-refractivity contribution < 1.29 is 13.9 Å². The number of carbonyl (C=O) groups is 1. The molecule has 28 heavy (non-hydrogen) atoms. The first-order valence-corrected chi connectivity index (χ1v) is 9.63. The van der Waals surface area contributed by atoms with Gasteiger partial charge in [-0.05, 0) is 55.2 Å². The summed E-state index contributed by atoms with van der Waals surface area (Å²) in [6.07, 6.45) is 1.74. The number of para-hydroxylation sites is 2. The molecule has 2 aromatic carbocycles. The minimum absolute atomic E-state index is 0.0335. The first-order chi connectivity index (χ1) is 13.5. The molecular weight excluding hydrogens is 357 g/mol. The number of carbonyl (C=O) groups excluding carboxylic acids is 1. The number of imidazole rings is 1. The van der Waals surface area contributed by atoms with Crippen LogP contribution in [0, 0.1) is 11.7 Å². The summed E-state index contributed by atoms with van der Waals surface area (Å²) >= 11 is 0. The fraction of sp³-hybridized carbons (Fsp3) is 0.364. The summed E-state index contributed by atoms with van der Waals surface area (Å²) < 4.78 is 18.4. The Bertz CT molecular complexity index is 873. The highest BCUT2D eigenvalue weighted by Gasteiger charge is 2.19. The Hall–Kier alpha value is -2.89. The minimum atomic E-state index is -0.298. The Labute approximate surface area is 164 Å². The van der Waals surface area contributed by atoms with E-state index in [1.54, 1.807) is 12.1 Å². The molecular formula is C22H26FN3O2. The molecule has 3 aromatic rings. The zero-order valence-corrected chi connectivity index (χ0v) is 16.2. The molecule has 0 saturated carbocycles. The third-order valence-electron chi connectivity index (χ3n) is 4.41. The summed E-state index contributed by atoms with van der Waals surface area (Å²) in [5.74, 6) is 1.47. The number of hydrogen-bond donors (Lipinski definition) is 2. The van der Waals surface area contributed by atoms with E-state index in [1.165, 1.54) is 12.1 Å². The molecule has 1 aromatic heterocycles. The van der Waals surface area contributed by atoms with Crippen LogP contribution in [-0.2, 0) is 4.79 Å². The van der Waals surface area contributed by atoms with Gasteiger partial charge in [-0.15, -0.1) is 0 Å². The van der Waals surface area contributed by atoms with Crippen LogP contribution in [0.3, 0.4) is 0 Å². The predicted molar refractivity (Wildman–Crippen MR) is 108 cm³/mol. The summed E-state index contributed by atoms with van der Waals surface area (Å²) in [5, 5.41) is 3.09. The second kappa shape index (κ2) is 9.35. The number of benzene rings is 2. The van der Waals surface area contributed by atoms with Crippen molar-refractivity contribution in [2.75, 3.05) is 6.61 Å². The van der Waals surface area contributed by atoms with E-state index < -0.39 is 0 Å². The predicted octanol–water partition coefficient (Wildman–Crippen LogP) is 4.76. The van der Waals surface area contributed by atoms with Crippen LogP contribution >= 0.6 is 0 Å². The van der Waals surface area contributed by atoms with E-state index in [-0.39, 0.29) is 17.8 Å². The molecule has 5 nitrogen and oxygen atoms in total. The number of halogens is 1. The van der Waals surface area contributed by atoms with E-state index in [4.69, 9.17) is 4.74 Å². The molecule has 1 unspecified atom stereocenters. The number of nitrogens with zero attached hydrogens (tertiary/aromatic N) is 1. The molecule has 0 fully saturated rings. The molecule has 0 radical (unpaired) electrons. The highest BCUT2D eigenvalue weighted by atomic mass is 19.1. The molecule has 2 N–H and O–H groups in total. The fourth-order valence-corrected chi connectivity index (χ4v) is 3.07. The van der Waals surface area contributed by atoms with Gasteiger partial charge in [0.25, 0.3) is 0 Å². The summed E-state index contributed by atoms with van der Waals surface area (Å²) in [6, 6.07) is 13.6. The molecule has 3 rings (SSSR count). The Morgan fingerprint density at radius 2 is 1.93 bits per heavy atom. The lowest BCUT2D eigenvalue weighted by molar-refractivity contribution is -0.122. The molecule has 148 valence electrons. The number of H-pyrrole nitrogens is 1. The standard InChI is InChI=1S/C22H26FN3O2/c1-15(2)14-20(22-25-18-6-3-4-7-19(18)26-22)24-21(27)8-5-13-28-17-11-9-16(23)10-12-17/h3-4,6-7,9-12,15,20H,5,8,13-14H2,1-2H3,(H,24,27)(H,25,26). The van der Waals surface area contributed by atoms with E-state index in [2.05, 4.69) is 29.1 Å². The van der Waals surface area contributed by atoms with Crippen LogP contribution < -0.4 is 10.1 Å². The second-order valence-electron chi connectivity index (χ2n) is 7.29.